The van der Waals surface area contributed by atoms with E-state index in [-0.39, 0.29) is 30.4 Å². The van der Waals surface area contributed by atoms with Crippen molar-refractivity contribution >= 4 is 38.6 Å². The minimum atomic E-state index is -0.378. The number of carbonyl (C=O) groups is 1. The molecule has 10 heteroatoms. The average Bonchev–Trinajstić information content (AvgIpc) is 3.30. The van der Waals surface area contributed by atoms with E-state index in [0.29, 0.717) is 17.6 Å². The zero-order valence-corrected chi connectivity index (χ0v) is 19.6. The van der Waals surface area contributed by atoms with Gasteiger partial charge in [0.15, 0.2) is 5.82 Å². The summed E-state index contributed by atoms with van der Waals surface area (Å²) in [6, 6.07) is 11.6. The molecule has 0 radical (unpaired) electrons. The smallest absolute Gasteiger partial charge is 0.294 e. The topological polar surface area (TPSA) is 114 Å². The number of hydrogen-bond acceptors (Lipinski definition) is 6. The molecule has 33 heavy (non-hydrogen) atoms. The number of pyridine rings is 1. The van der Waals surface area contributed by atoms with Crippen molar-refractivity contribution in [1.82, 2.24) is 24.8 Å². The number of nitrogens with zero attached hydrogens (tertiary/aromatic N) is 3. The maximum absolute atomic E-state index is 12.9. The second kappa shape index (κ2) is 10.3. The first kappa shape index (κ1) is 22.5. The molecule has 0 fully saturated rings. The standard InChI is InChI=1S/C23H23BrN6O3/c1-33-18-4-2-3-15(9-18)5-7-26-22-23(32)30(20(24)13-29-22)14-21(31)28-11-17-10-16-6-8-25-19(16)12-27-17/h2-4,6,8-10,12-13,25H,5,7,11,14H2,1H3,(H,26,29)(H,28,31). The van der Waals surface area contributed by atoms with Crippen molar-refractivity contribution in [2.24, 2.45) is 0 Å². The van der Waals surface area contributed by atoms with E-state index in [2.05, 4.69) is 41.5 Å². The number of aromatic amines is 1. The van der Waals surface area contributed by atoms with E-state index in [0.717, 1.165) is 27.9 Å². The molecule has 1 aromatic carbocycles. The average molecular weight is 511 g/mol. The molecule has 3 N–H and O–H groups in total. The Labute approximate surface area is 198 Å². The van der Waals surface area contributed by atoms with Gasteiger partial charge in [0, 0.05) is 18.1 Å². The number of aromatic nitrogens is 4. The summed E-state index contributed by atoms with van der Waals surface area (Å²) in [5.41, 5.74) is 2.36. The van der Waals surface area contributed by atoms with E-state index >= 15 is 0 Å². The predicted molar refractivity (Wildman–Crippen MR) is 129 cm³/mol. The van der Waals surface area contributed by atoms with Crippen LogP contribution in [0.4, 0.5) is 5.82 Å². The largest absolute Gasteiger partial charge is 0.497 e. The fourth-order valence-corrected chi connectivity index (χ4v) is 3.76. The van der Waals surface area contributed by atoms with Gasteiger partial charge in [0.05, 0.1) is 37.3 Å². The van der Waals surface area contributed by atoms with Crippen LogP contribution in [0.5, 0.6) is 5.75 Å². The number of hydrogen-bond donors (Lipinski definition) is 3. The molecular formula is C23H23BrN6O3. The zero-order chi connectivity index (χ0) is 23.2. The first-order valence-corrected chi connectivity index (χ1v) is 11.1. The molecule has 3 heterocycles. The fourth-order valence-electron chi connectivity index (χ4n) is 3.37. The van der Waals surface area contributed by atoms with Gasteiger partial charge in [0.1, 0.15) is 16.9 Å². The van der Waals surface area contributed by atoms with Crippen molar-refractivity contribution in [2.45, 2.75) is 19.5 Å². The molecule has 0 unspecified atom stereocenters. The Morgan fingerprint density at radius 1 is 1.21 bits per heavy atom. The highest BCUT2D eigenvalue weighted by Crippen LogP contribution is 2.14. The van der Waals surface area contributed by atoms with Crippen molar-refractivity contribution < 1.29 is 9.53 Å². The van der Waals surface area contributed by atoms with Crippen LogP contribution in [0, 0.1) is 0 Å². The second-order valence-electron chi connectivity index (χ2n) is 7.37. The first-order chi connectivity index (χ1) is 16.0. The lowest BCUT2D eigenvalue weighted by Gasteiger charge is -2.12. The van der Waals surface area contributed by atoms with Gasteiger partial charge >= 0.3 is 0 Å². The van der Waals surface area contributed by atoms with E-state index in [9.17, 15) is 9.59 Å². The van der Waals surface area contributed by atoms with Crippen LogP contribution in [0.1, 0.15) is 11.3 Å². The van der Waals surface area contributed by atoms with Crippen molar-refractivity contribution in [3.05, 3.63) is 81.2 Å². The number of nitrogens with one attached hydrogen (secondary N) is 3. The minimum absolute atomic E-state index is 0.140. The number of ether oxygens (including phenoxy) is 1. The summed E-state index contributed by atoms with van der Waals surface area (Å²) in [5.74, 6) is 0.668. The van der Waals surface area contributed by atoms with Crippen molar-refractivity contribution in [3.63, 3.8) is 0 Å². The van der Waals surface area contributed by atoms with Crippen LogP contribution in [0.15, 0.2) is 64.4 Å². The number of halogens is 1. The van der Waals surface area contributed by atoms with Gasteiger partial charge in [-0.2, -0.15) is 0 Å². The third-order valence-electron chi connectivity index (χ3n) is 5.11. The molecule has 0 spiro atoms. The number of benzene rings is 1. The Hall–Kier alpha value is -3.66. The maximum Gasteiger partial charge on any atom is 0.294 e. The molecule has 1 amide bonds. The first-order valence-electron chi connectivity index (χ1n) is 10.3. The number of amides is 1. The van der Waals surface area contributed by atoms with Crippen LogP contribution in [0.2, 0.25) is 0 Å². The van der Waals surface area contributed by atoms with Gasteiger partial charge in [0.25, 0.3) is 5.56 Å². The van der Waals surface area contributed by atoms with E-state index in [1.807, 2.05) is 42.6 Å². The van der Waals surface area contributed by atoms with Gasteiger partial charge in [-0.05, 0) is 52.2 Å². The number of fused-ring (bicyclic) bond motifs is 1. The van der Waals surface area contributed by atoms with Crippen LogP contribution >= 0.6 is 15.9 Å². The molecule has 4 rings (SSSR count). The Bertz CT molecular complexity index is 1330. The van der Waals surface area contributed by atoms with Crippen LogP contribution in [0.25, 0.3) is 10.9 Å². The van der Waals surface area contributed by atoms with Crippen molar-refractivity contribution in [2.75, 3.05) is 19.0 Å². The molecule has 9 nitrogen and oxygen atoms in total. The van der Waals surface area contributed by atoms with Crippen LogP contribution in [-0.4, -0.2) is 39.1 Å². The molecule has 0 bridgehead atoms. The lowest BCUT2D eigenvalue weighted by molar-refractivity contribution is -0.121. The lowest BCUT2D eigenvalue weighted by atomic mass is 10.1. The van der Waals surface area contributed by atoms with Gasteiger partial charge in [-0.3, -0.25) is 19.1 Å². The Kier molecular flexibility index (Phi) is 7.04. The van der Waals surface area contributed by atoms with Crippen LogP contribution in [-0.2, 0) is 24.3 Å². The van der Waals surface area contributed by atoms with Gasteiger partial charge in [-0.25, -0.2) is 4.98 Å². The zero-order valence-electron chi connectivity index (χ0n) is 18.0. The highest BCUT2D eigenvalue weighted by Gasteiger charge is 2.12. The lowest BCUT2D eigenvalue weighted by Crippen LogP contribution is -2.34. The summed E-state index contributed by atoms with van der Waals surface area (Å²) in [6.45, 7) is 0.637. The quantitative estimate of drug-likeness (QED) is 0.319. The molecule has 0 saturated carbocycles. The Morgan fingerprint density at radius 2 is 2.09 bits per heavy atom. The molecule has 0 aliphatic rings. The van der Waals surface area contributed by atoms with Gasteiger partial charge in [-0.15, -0.1) is 0 Å². The van der Waals surface area contributed by atoms with Gasteiger partial charge in [-0.1, -0.05) is 12.1 Å². The van der Waals surface area contributed by atoms with Gasteiger partial charge in [0.2, 0.25) is 5.91 Å². The molecule has 0 atom stereocenters. The monoisotopic (exact) mass is 510 g/mol. The van der Waals surface area contributed by atoms with Crippen molar-refractivity contribution in [3.8, 4) is 5.75 Å². The highest BCUT2D eigenvalue weighted by atomic mass is 79.9. The summed E-state index contributed by atoms with van der Waals surface area (Å²) < 4.78 is 6.99. The number of carbonyl (C=O) groups excluding carboxylic acids is 1. The van der Waals surface area contributed by atoms with Gasteiger partial charge < -0.3 is 20.4 Å². The summed E-state index contributed by atoms with van der Waals surface area (Å²) in [6.07, 6.45) is 5.76. The third-order valence-corrected chi connectivity index (χ3v) is 5.74. The molecule has 170 valence electrons. The normalized spacial score (nSPS) is 10.8. The van der Waals surface area contributed by atoms with Crippen LogP contribution < -0.4 is 20.9 Å². The number of rotatable bonds is 9. The van der Waals surface area contributed by atoms with E-state index in [4.69, 9.17) is 4.74 Å². The van der Waals surface area contributed by atoms with E-state index in [1.165, 1.54) is 10.8 Å². The van der Waals surface area contributed by atoms with Crippen LogP contribution in [0.3, 0.4) is 0 Å². The summed E-state index contributed by atoms with van der Waals surface area (Å²) in [4.78, 5) is 36.9. The Balaban J connectivity index is 1.36. The number of methoxy groups -OCH3 is 1. The summed E-state index contributed by atoms with van der Waals surface area (Å²) in [7, 11) is 1.62. The van der Waals surface area contributed by atoms with Crippen molar-refractivity contribution in [1.29, 1.82) is 0 Å². The Morgan fingerprint density at radius 3 is 2.94 bits per heavy atom. The third kappa shape index (κ3) is 5.58. The van der Waals surface area contributed by atoms with E-state index < -0.39 is 0 Å². The second-order valence-corrected chi connectivity index (χ2v) is 8.18. The number of anilines is 1. The minimum Gasteiger partial charge on any atom is -0.497 e. The predicted octanol–water partition coefficient (Wildman–Crippen LogP) is 2.86. The SMILES string of the molecule is COc1cccc(CCNc2ncc(Br)n(CC(=O)NCc3cc4cc[nH]c4cn3)c2=O)c1. The molecule has 4 aromatic rings. The fraction of sp³-hybridized carbons (Fsp3) is 0.217. The highest BCUT2D eigenvalue weighted by molar-refractivity contribution is 9.10. The van der Waals surface area contributed by atoms with E-state index in [1.54, 1.807) is 13.3 Å². The summed E-state index contributed by atoms with van der Waals surface area (Å²) >= 11 is 3.31. The number of H-pyrrole nitrogens is 1. The molecule has 0 saturated heterocycles. The maximum atomic E-state index is 12.9. The molecule has 0 aliphatic carbocycles. The molecule has 0 aliphatic heterocycles. The molecule has 3 aromatic heterocycles. The summed E-state index contributed by atoms with van der Waals surface area (Å²) in [5, 5.41) is 6.89. The molecular weight excluding hydrogens is 488 g/mol.